The lowest BCUT2D eigenvalue weighted by atomic mass is 9.97. The molecular formula is C23H24F2N8O. The fourth-order valence-electron chi connectivity index (χ4n) is 4.14. The lowest BCUT2D eigenvalue weighted by Crippen LogP contribution is -2.40. The Morgan fingerprint density at radius 3 is 2.59 bits per heavy atom. The van der Waals surface area contributed by atoms with Gasteiger partial charge in [0.05, 0.1) is 23.5 Å². The number of nitrogens with one attached hydrogen (secondary N) is 1. The molecule has 3 heterocycles. The summed E-state index contributed by atoms with van der Waals surface area (Å²) in [6.45, 7) is 4.52. The number of amides is 1. The molecule has 1 aliphatic rings. The molecule has 34 heavy (non-hydrogen) atoms. The van der Waals surface area contributed by atoms with E-state index in [0.29, 0.717) is 30.9 Å². The Labute approximate surface area is 195 Å². The molecule has 3 aromatic rings. The molecule has 1 unspecified atom stereocenters. The normalized spacial score (nSPS) is 18.6. The van der Waals surface area contributed by atoms with E-state index >= 15 is 0 Å². The molecule has 1 aliphatic heterocycles. The zero-order chi connectivity index (χ0) is 24.6. The average Bonchev–Trinajstić information content (AvgIpc) is 3.36. The maximum Gasteiger partial charge on any atom is 0.255 e. The second kappa shape index (κ2) is 8.79. The van der Waals surface area contributed by atoms with Crippen LogP contribution in [-0.4, -0.2) is 44.5 Å². The number of pyridine rings is 1. The van der Waals surface area contributed by atoms with Gasteiger partial charge in [0.25, 0.3) is 5.91 Å². The monoisotopic (exact) mass is 466 g/mol. The lowest BCUT2D eigenvalue weighted by molar-refractivity contribution is 0.0939. The first kappa shape index (κ1) is 23.3. The summed E-state index contributed by atoms with van der Waals surface area (Å²) in [6.07, 6.45) is 3.62. The maximum atomic E-state index is 14.1. The molecule has 1 amide bonds. The molecule has 0 bridgehead atoms. The van der Waals surface area contributed by atoms with E-state index in [1.165, 1.54) is 10.9 Å². The molecule has 1 saturated heterocycles. The number of carbonyl (C=O) groups is 1. The first-order valence-electron chi connectivity index (χ1n) is 10.7. The highest BCUT2D eigenvalue weighted by atomic mass is 19.1. The number of hydrogen-bond donors (Lipinski definition) is 2. The number of halogens is 2. The number of aromatic nitrogens is 4. The van der Waals surface area contributed by atoms with Crippen LogP contribution in [0.1, 0.15) is 48.1 Å². The molecule has 1 aromatic carbocycles. The summed E-state index contributed by atoms with van der Waals surface area (Å²) in [4.78, 5) is 19.4. The van der Waals surface area contributed by atoms with Crippen molar-refractivity contribution < 1.29 is 13.6 Å². The van der Waals surface area contributed by atoms with Crippen molar-refractivity contribution in [3.05, 3.63) is 59.2 Å². The maximum absolute atomic E-state index is 14.1. The van der Waals surface area contributed by atoms with Crippen molar-refractivity contribution in [2.45, 2.75) is 31.8 Å². The summed E-state index contributed by atoms with van der Waals surface area (Å²) in [5.74, 6) is -2.09. The van der Waals surface area contributed by atoms with Crippen LogP contribution in [0.25, 0.3) is 11.1 Å². The molecule has 0 radical (unpaired) electrons. The van der Waals surface area contributed by atoms with Gasteiger partial charge in [0.1, 0.15) is 29.1 Å². The molecule has 9 nitrogen and oxygen atoms in total. The molecule has 2 atom stereocenters. The number of nitrogens with two attached hydrogens (primary N) is 1. The number of hydrogen-bond acceptors (Lipinski definition) is 7. The highest BCUT2D eigenvalue weighted by molar-refractivity contribution is 6.04. The van der Waals surface area contributed by atoms with E-state index in [1.54, 1.807) is 20.2 Å². The molecule has 0 saturated carbocycles. The molecule has 4 rings (SSSR count). The molecule has 176 valence electrons. The van der Waals surface area contributed by atoms with Crippen molar-refractivity contribution in [2.24, 2.45) is 12.8 Å². The molecular weight excluding hydrogens is 442 g/mol. The van der Waals surface area contributed by atoms with Crippen LogP contribution in [0.4, 0.5) is 14.5 Å². The highest BCUT2D eigenvalue weighted by Gasteiger charge is 2.35. The van der Waals surface area contributed by atoms with Gasteiger partial charge in [-0.05, 0) is 38.0 Å². The van der Waals surface area contributed by atoms with Crippen LogP contribution in [0.2, 0.25) is 0 Å². The van der Waals surface area contributed by atoms with Gasteiger partial charge in [-0.2, -0.15) is 5.26 Å². The van der Waals surface area contributed by atoms with E-state index in [-0.39, 0.29) is 22.4 Å². The second-order valence-corrected chi connectivity index (χ2v) is 8.85. The molecule has 1 fully saturated rings. The van der Waals surface area contributed by atoms with Crippen LogP contribution in [0.15, 0.2) is 30.6 Å². The van der Waals surface area contributed by atoms with Gasteiger partial charge < -0.3 is 16.0 Å². The second-order valence-electron chi connectivity index (χ2n) is 8.85. The van der Waals surface area contributed by atoms with E-state index in [1.807, 2.05) is 17.9 Å². The van der Waals surface area contributed by atoms with Gasteiger partial charge in [0, 0.05) is 43.5 Å². The van der Waals surface area contributed by atoms with Crippen LogP contribution < -0.4 is 16.0 Å². The summed E-state index contributed by atoms with van der Waals surface area (Å²) in [7, 11) is 1.72. The molecule has 3 N–H and O–H groups in total. The summed E-state index contributed by atoms with van der Waals surface area (Å²) in [6, 6.07) is 4.49. The number of rotatable bonds is 5. The predicted octanol–water partition coefficient (Wildman–Crippen LogP) is 2.45. The van der Waals surface area contributed by atoms with Crippen molar-refractivity contribution in [3.8, 4) is 17.2 Å². The summed E-state index contributed by atoms with van der Waals surface area (Å²) >= 11 is 0. The fraction of sp³-hybridized carbons (Fsp3) is 0.348. The average molecular weight is 466 g/mol. The van der Waals surface area contributed by atoms with Crippen molar-refractivity contribution in [2.75, 3.05) is 18.0 Å². The van der Waals surface area contributed by atoms with Crippen LogP contribution in [0, 0.1) is 23.0 Å². The Bertz CT molecular complexity index is 1280. The third-order valence-corrected chi connectivity index (χ3v) is 5.79. The molecule has 11 heteroatoms. The van der Waals surface area contributed by atoms with E-state index in [4.69, 9.17) is 5.73 Å². The Morgan fingerprint density at radius 2 is 2.03 bits per heavy atom. The number of nitriles is 1. The number of aryl methyl sites for hydroxylation is 1. The summed E-state index contributed by atoms with van der Waals surface area (Å²) in [5, 5.41) is 20.5. The molecule has 0 aliphatic carbocycles. The Kier molecular flexibility index (Phi) is 6.01. The van der Waals surface area contributed by atoms with Crippen LogP contribution in [0.5, 0.6) is 0 Å². The quantitative estimate of drug-likeness (QED) is 0.591. The van der Waals surface area contributed by atoms with Crippen molar-refractivity contribution in [1.82, 2.24) is 25.3 Å². The predicted molar refractivity (Wildman–Crippen MR) is 121 cm³/mol. The summed E-state index contributed by atoms with van der Waals surface area (Å²) in [5.41, 5.74) is 7.11. The standard InChI is InChI=1S/C23H24F2N8O/c1-13(19-11-32(3)31-30-19)29-22(34)17-10-28-18(9-26)20(14-6-15(24)8-16(25)7-14)21(17)33-5-4-23(2,27)12-33/h6-8,10-11,13H,4-5,12,27H2,1-3H3,(H,29,34)/t13?,23-/m0/s1. The number of nitrogens with zero attached hydrogens (tertiary/aromatic N) is 6. The first-order valence-corrected chi connectivity index (χ1v) is 10.7. The van der Waals surface area contributed by atoms with Gasteiger partial charge in [-0.1, -0.05) is 5.21 Å². The van der Waals surface area contributed by atoms with E-state index in [9.17, 15) is 18.8 Å². The van der Waals surface area contributed by atoms with Crippen molar-refractivity contribution in [1.29, 1.82) is 5.26 Å². The van der Waals surface area contributed by atoms with Crippen molar-refractivity contribution in [3.63, 3.8) is 0 Å². The van der Waals surface area contributed by atoms with Crippen LogP contribution in [-0.2, 0) is 7.05 Å². The van der Waals surface area contributed by atoms with Gasteiger partial charge in [0.2, 0.25) is 0 Å². The zero-order valence-corrected chi connectivity index (χ0v) is 19.0. The Balaban J connectivity index is 1.86. The lowest BCUT2D eigenvalue weighted by Gasteiger charge is -2.27. The fourth-order valence-corrected chi connectivity index (χ4v) is 4.14. The topological polar surface area (TPSA) is 126 Å². The third-order valence-electron chi connectivity index (χ3n) is 5.79. The smallest absolute Gasteiger partial charge is 0.255 e. The Morgan fingerprint density at radius 1 is 1.32 bits per heavy atom. The minimum Gasteiger partial charge on any atom is -0.368 e. The van der Waals surface area contributed by atoms with Gasteiger partial charge in [-0.3, -0.25) is 9.48 Å². The van der Waals surface area contributed by atoms with Gasteiger partial charge in [-0.15, -0.1) is 5.10 Å². The third kappa shape index (κ3) is 4.58. The summed E-state index contributed by atoms with van der Waals surface area (Å²) < 4.78 is 29.8. The van der Waals surface area contributed by atoms with E-state index in [2.05, 4.69) is 20.6 Å². The minimum atomic E-state index is -0.805. The first-order chi connectivity index (χ1) is 16.1. The minimum absolute atomic E-state index is 0.0517. The number of anilines is 1. The van der Waals surface area contributed by atoms with Crippen LogP contribution >= 0.6 is 0 Å². The number of benzene rings is 1. The van der Waals surface area contributed by atoms with Gasteiger partial charge in [0.15, 0.2) is 0 Å². The van der Waals surface area contributed by atoms with E-state index in [0.717, 1.165) is 18.2 Å². The zero-order valence-electron chi connectivity index (χ0n) is 19.0. The van der Waals surface area contributed by atoms with Crippen LogP contribution in [0.3, 0.4) is 0 Å². The SMILES string of the molecule is CC(NC(=O)c1cnc(C#N)c(-c2cc(F)cc(F)c2)c1N1CC[C@](C)(N)C1)c1cn(C)nn1. The van der Waals surface area contributed by atoms with Crippen molar-refractivity contribution >= 4 is 11.6 Å². The van der Waals surface area contributed by atoms with Gasteiger partial charge >= 0.3 is 0 Å². The highest BCUT2D eigenvalue weighted by Crippen LogP contribution is 2.39. The van der Waals surface area contributed by atoms with Gasteiger partial charge in [-0.25, -0.2) is 13.8 Å². The molecule has 0 spiro atoms. The molecule has 2 aromatic heterocycles. The number of carbonyl (C=O) groups excluding carboxylic acids is 1. The Hall–Kier alpha value is -3.91. The largest absolute Gasteiger partial charge is 0.368 e. The van der Waals surface area contributed by atoms with E-state index < -0.39 is 29.1 Å².